The zero-order valence-electron chi connectivity index (χ0n) is 15.0. The van der Waals surface area contributed by atoms with Crippen molar-refractivity contribution in [2.75, 3.05) is 0 Å². The van der Waals surface area contributed by atoms with Gasteiger partial charge in [0.2, 0.25) is 5.91 Å². The summed E-state index contributed by atoms with van der Waals surface area (Å²) in [6.45, 7) is 0. The van der Waals surface area contributed by atoms with Crippen LogP contribution >= 0.6 is 15.9 Å². The number of aromatic hydroxyl groups is 1. The van der Waals surface area contributed by atoms with E-state index in [0.29, 0.717) is 5.56 Å². The third kappa shape index (κ3) is 3.45. The fraction of sp³-hybridized carbons (Fsp3) is 0.130. The summed E-state index contributed by atoms with van der Waals surface area (Å²) in [7, 11) is 0. The number of carbonyl (C=O) groups is 1. The number of benzene rings is 3. The lowest BCUT2D eigenvalue weighted by Gasteiger charge is -2.18. The molecule has 1 amide bonds. The molecular formula is C23H19BrN2O2. The van der Waals surface area contributed by atoms with E-state index in [4.69, 9.17) is 0 Å². The first-order chi connectivity index (χ1) is 13.6. The predicted octanol–water partition coefficient (Wildman–Crippen LogP) is 4.61. The lowest BCUT2D eigenvalue weighted by Crippen LogP contribution is -2.25. The average Bonchev–Trinajstić information content (AvgIpc) is 3.49. The van der Waals surface area contributed by atoms with Crippen molar-refractivity contribution in [2.45, 2.75) is 11.8 Å². The van der Waals surface area contributed by atoms with E-state index in [1.54, 1.807) is 18.2 Å². The van der Waals surface area contributed by atoms with Crippen LogP contribution < -0.4 is 5.43 Å². The molecule has 4 nitrogen and oxygen atoms in total. The predicted molar refractivity (Wildman–Crippen MR) is 113 cm³/mol. The van der Waals surface area contributed by atoms with E-state index >= 15 is 0 Å². The molecule has 0 heterocycles. The molecule has 0 radical (unpaired) electrons. The van der Waals surface area contributed by atoms with Gasteiger partial charge in [0.05, 0.1) is 12.1 Å². The van der Waals surface area contributed by atoms with Crippen molar-refractivity contribution in [2.24, 2.45) is 11.0 Å². The highest BCUT2D eigenvalue weighted by Gasteiger charge is 2.60. The molecule has 1 unspecified atom stereocenters. The van der Waals surface area contributed by atoms with Crippen LogP contribution in [0.4, 0.5) is 0 Å². The highest BCUT2D eigenvalue weighted by Crippen LogP contribution is 2.58. The van der Waals surface area contributed by atoms with E-state index in [1.165, 1.54) is 6.21 Å². The number of hydrazone groups is 1. The smallest absolute Gasteiger partial charge is 0.244 e. The van der Waals surface area contributed by atoms with Gasteiger partial charge < -0.3 is 5.11 Å². The van der Waals surface area contributed by atoms with Crippen molar-refractivity contribution in [3.63, 3.8) is 0 Å². The average molecular weight is 435 g/mol. The summed E-state index contributed by atoms with van der Waals surface area (Å²) < 4.78 is 0.826. The third-order valence-electron chi connectivity index (χ3n) is 5.22. The van der Waals surface area contributed by atoms with E-state index < -0.39 is 0 Å². The summed E-state index contributed by atoms with van der Waals surface area (Å²) in [5, 5.41) is 13.9. The summed E-state index contributed by atoms with van der Waals surface area (Å²) in [6, 6.07) is 25.3. The number of hydrogen-bond acceptors (Lipinski definition) is 3. The molecule has 3 aromatic rings. The zero-order valence-corrected chi connectivity index (χ0v) is 16.6. The molecule has 1 fully saturated rings. The summed E-state index contributed by atoms with van der Waals surface area (Å²) in [5.74, 6) is -0.209. The molecule has 1 aliphatic carbocycles. The molecule has 1 aliphatic rings. The van der Waals surface area contributed by atoms with Gasteiger partial charge in [0, 0.05) is 15.5 Å². The van der Waals surface area contributed by atoms with Crippen molar-refractivity contribution in [1.82, 2.24) is 5.43 Å². The van der Waals surface area contributed by atoms with Crippen LogP contribution in [0.15, 0.2) is 88.4 Å². The molecule has 1 atom stereocenters. The second kappa shape index (κ2) is 7.60. The summed E-state index contributed by atoms with van der Waals surface area (Å²) in [6.07, 6.45) is 2.19. The number of carbonyl (C=O) groups excluding carboxylic acids is 1. The van der Waals surface area contributed by atoms with Gasteiger partial charge >= 0.3 is 0 Å². The minimum Gasteiger partial charge on any atom is -0.507 e. The van der Waals surface area contributed by atoms with Gasteiger partial charge in [-0.05, 0) is 35.7 Å². The Kier molecular flexibility index (Phi) is 5.01. The number of nitrogens with one attached hydrogen (secondary N) is 1. The highest BCUT2D eigenvalue weighted by atomic mass is 79.9. The van der Waals surface area contributed by atoms with E-state index in [0.717, 1.165) is 22.0 Å². The van der Waals surface area contributed by atoms with Gasteiger partial charge in [0.1, 0.15) is 5.75 Å². The Bertz CT molecular complexity index is 980. The number of phenolic OH excluding ortho intramolecular Hbond substituents is 1. The van der Waals surface area contributed by atoms with Crippen LogP contribution in [-0.2, 0) is 10.2 Å². The molecule has 28 heavy (non-hydrogen) atoms. The zero-order chi connectivity index (χ0) is 19.6. The van der Waals surface area contributed by atoms with Gasteiger partial charge in [-0.2, -0.15) is 5.10 Å². The quantitative estimate of drug-likeness (QED) is 0.454. The van der Waals surface area contributed by atoms with Crippen molar-refractivity contribution >= 4 is 28.1 Å². The second-order valence-electron chi connectivity index (χ2n) is 6.90. The molecule has 0 spiro atoms. The minimum atomic E-state index is -0.319. The Hall–Kier alpha value is -2.92. The maximum absolute atomic E-state index is 12.8. The molecule has 140 valence electrons. The molecule has 0 aliphatic heterocycles. The van der Waals surface area contributed by atoms with Gasteiger partial charge in [-0.1, -0.05) is 76.6 Å². The van der Waals surface area contributed by atoms with Crippen LogP contribution in [-0.4, -0.2) is 17.2 Å². The van der Waals surface area contributed by atoms with Crippen LogP contribution in [0.2, 0.25) is 0 Å². The Morgan fingerprint density at radius 2 is 1.64 bits per heavy atom. The molecule has 0 bridgehead atoms. The van der Waals surface area contributed by atoms with Crippen molar-refractivity contribution in [1.29, 1.82) is 0 Å². The van der Waals surface area contributed by atoms with Crippen LogP contribution in [0, 0.1) is 5.92 Å². The molecule has 3 aromatic carbocycles. The molecular weight excluding hydrogens is 416 g/mol. The van der Waals surface area contributed by atoms with Crippen molar-refractivity contribution < 1.29 is 9.90 Å². The Labute approximate surface area is 172 Å². The first kappa shape index (κ1) is 18.4. The van der Waals surface area contributed by atoms with Gasteiger partial charge in [-0.25, -0.2) is 5.43 Å². The standard InChI is InChI=1S/C23H19BrN2O2/c24-19-11-12-21(27)16(13-19)15-25-26-22(28)20-14-23(20,17-7-3-1-4-8-17)18-9-5-2-6-10-18/h1-13,15,20,27H,14H2,(H,26,28)/b25-15-. The van der Waals surface area contributed by atoms with Crippen LogP contribution in [0.3, 0.4) is 0 Å². The molecule has 0 aromatic heterocycles. The minimum absolute atomic E-state index is 0.107. The van der Waals surface area contributed by atoms with Crippen molar-refractivity contribution in [3.05, 3.63) is 100 Å². The number of phenols is 1. The Balaban J connectivity index is 1.55. The molecule has 0 saturated heterocycles. The lowest BCUT2D eigenvalue weighted by atomic mass is 9.85. The molecule has 2 N–H and O–H groups in total. The SMILES string of the molecule is O=C(N/N=C\c1cc(Br)ccc1O)C1CC1(c1ccccc1)c1ccccc1. The monoisotopic (exact) mass is 434 g/mol. The molecule has 1 saturated carbocycles. The summed E-state index contributed by atoms with van der Waals surface area (Å²) >= 11 is 3.36. The van der Waals surface area contributed by atoms with E-state index in [-0.39, 0.29) is 23.0 Å². The van der Waals surface area contributed by atoms with Gasteiger partial charge in [0.25, 0.3) is 0 Å². The van der Waals surface area contributed by atoms with Crippen LogP contribution in [0.5, 0.6) is 5.75 Å². The summed E-state index contributed by atoms with van der Waals surface area (Å²) in [5.41, 5.74) is 5.12. The van der Waals surface area contributed by atoms with Crippen LogP contribution in [0.1, 0.15) is 23.1 Å². The van der Waals surface area contributed by atoms with Gasteiger partial charge in [0.15, 0.2) is 0 Å². The number of nitrogens with zero attached hydrogens (tertiary/aromatic N) is 1. The second-order valence-corrected chi connectivity index (χ2v) is 7.81. The number of rotatable bonds is 5. The fourth-order valence-corrected chi connectivity index (χ4v) is 4.11. The van der Waals surface area contributed by atoms with Crippen LogP contribution in [0.25, 0.3) is 0 Å². The molecule has 5 heteroatoms. The van der Waals surface area contributed by atoms with E-state index in [1.807, 2.05) is 36.4 Å². The third-order valence-corrected chi connectivity index (χ3v) is 5.72. The maximum atomic E-state index is 12.8. The number of amides is 1. The number of hydrogen-bond donors (Lipinski definition) is 2. The number of halogens is 1. The van der Waals surface area contributed by atoms with E-state index in [2.05, 4.69) is 50.7 Å². The van der Waals surface area contributed by atoms with Gasteiger partial charge in [-0.3, -0.25) is 4.79 Å². The van der Waals surface area contributed by atoms with Gasteiger partial charge in [-0.15, -0.1) is 0 Å². The first-order valence-electron chi connectivity index (χ1n) is 9.04. The first-order valence-corrected chi connectivity index (χ1v) is 9.83. The Morgan fingerprint density at radius 1 is 1.04 bits per heavy atom. The van der Waals surface area contributed by atoms with Crippen molar-refractivity contribution in [3.8, 4) is 5.75 Å². The normalized spacial score (nSPS) is 17.4. The lowest BCUT2D eigenvalue weighted by molar-refractivity contribution is -0.122. The van der Waals surface area contributed by atoms with E-state index in [9.17, 15) is 9.90 Å². The largest absolute Gasteiger partial charge is 0.507 e. The maximum Gasteiger partial charge on any atom is 0.244 e. The highest BCUT2D eigenvalue weighted by molar-refractivity contribution is 9.10. The summed E-state index contributed by atoms with van der Waals surface area (Å²) in [4.78, 5) is 12.8. The Morgan fingerprint density at radius 3 is 2.25 bits per heavy atom. The topological polar surface area (TPSA) is 61.7 Å². The molecule has 4 rings (SSSR count). The fourth-order valence-electron chi connectivity index (χ4n) is 3.73.